The van der Waals surface area contributed by atoms with E-state index < -0.39 is 9.05 Å². The fourth-order valence-electron chi connectivity index (χ4n) is 1.99. The number of aromatic nitrogens is 3. The van der Waals surface area contributed by atoms with Crippen molar-refractivity contribution >= 4 is 30.6 Å². The lowest BCUT2D eigenvalue weighted by Gasteiger charge is -2.01. The Kier molecular flexibility index (Phi) is 2.76. The summed E-state index contributed by atoms with van der Waals surface area (Å²) in [4.78, 5) is 3.00. The molecule has 3 aromatic rings. The van der Waals surface area contributed by atoms with Crippen LogP contribution in [0.1, 0.15) is 0 Å². The average molecular weight is 294 g/mol. The number of halogens is 1. The summed E-state index contributed by atoms with van der Waals surface area (Å²) < 4.78 is 22.9. The molecule has 0 fully saturated rings. The molecule has 96 valence electrons. The van der Waals surface area contributed by atoms with E-state index in [0.29, 0.717) is 16.6 Å². The van der Waals surface area contributed by atoms with Crippen LogP contribution in [0.25, 0.3) is 22.2 Å². The predicted molar refractivity (Wildman–Crippen MR) is 72.4 cm³/mol. The highest BCUT2D eigenvalue weighted by atomic mass is 35.7. The van der Waals surface area contributed by atoms with Gasteiger partial charge in [0.1, 0.15) is 4.90 Å². The Morgan fingerprint density at radius 3 is 2.68 bits per heavy atom. The monoisotopic (exact) mass is 293 g/mol. The molecule has 3 rings (SSSR count). The van der Waals surface area contributed by atoms with Gasteiger partial charge in [-0.3, -0.25) is 0 Å². The Morgan fingerprint density at radius 2 is 2.00 bits per heavy atom. The van der Waals surface area contributed by atoms with Gasteiger partial charge in [0, 0.05) is 34.0 Å². The molecule has 1 N–H and O–H groups in total. The van der Waals surface area contributed by atoms with Crippen molar-refractivity contribution in [1.82, 2.24) is 15.2 Å². The van der Waals surface area contributed by atoms with Crippen LogP contribution < -0.4 is 0 Å². The minimum atomic E-state index is -3.78. The van der Waals surface area contributed by atoms with Gasteiger partial charge in [0.15, 0.2) is 0 Å². The molecule has 1 aromatic carbocycles. The van der Waals surface area contributed by atoms with Gasteiger partial charge in [-0.05, 0) is 12.1 Å². The van der Waals surface area contributed by atoms with Crippen LogP contribution in [0.5, 0.6) is 0 Å². The van der Waals surface area contributed by atoms with Crippen LogP contribution in [0, 0.1) is 0 Å². The SMILES string of the molecule is O=S(=O)(Cl)c1c[nH]c2c(-c3cccnn3)cccc12. The number of rotatable bonds is 2. The highest BCUT2D eigenvalue weighted by molar-refractivity contribution is 8.14. The average Bonchev–Trinajstić information content (AvgIpc) is 2.83. The molecule has 2 aromatic heterocycles. The van der Waals surface area contributed by atoms with E-state index >= 15 is 0 Å². The summed E-state index contributed by atoms with van der Waals surface area (Å²) in [7, 11) is 1.62. The zero-order valence-corrected chi connectivity index (χ0v) is 11.1. The molecular weight excluding hydrogens is 286 g/mol. The number of fused-ring (bicyclic) bond motifs is 1. The number of nitrogens with one attached hydrogen (secondary N) is 1. The number of para-hydroxylation sites is 1. The topological polar surface area (TPSA) is 75.7 Å². The number of benzene rings is 1. The van der Waals surface area contributed by atoms with E-state index in [0.717, 1.165) is 5.56 Å². The number of hydrogen-bond donors (Lipinski definition) is 1. The van der Waals surface area contributed by atoms with Crippen molar-refractivity contribution < 1.29 is 8.42 Å². The van der Waals surface area contributed by atoms with Gasteiger partial charge in [-0.2, -0.15) is 10.2 Å². The molecule has 0 atom stereocenters. The smallest absolute Gasteiger partial charge is 0.263 e. The van der Waals surface area contributed by atoms with Crippen LogP contribution in [-0.4, -0.2) is 23.6 Å². The third-order valence-corrected chi connectivity index (χ3v) is 4.15. The molecule has 0 bridgehead atoms. The highest BCUT2D eigenvalue weighted by Crippen LogP contribution is 2.31. The maximum atomic E-state index is 11.5. The van der Waals surface area contributed by atoms with Crippen LogP contribution in [0.2, 0.25) is 0 Å². The van der Waals surface area contributed by atoms with Gasteiger partial charge in [0.25, 0.3) is 9.05 Å². The lowest BCUT2D eigenvalue weighted by molar-refractivity contribution is 0.610. The molecule has 7 heteroatoms. The molecule has 2 heterocycles. The van der Waals surface area contributed by atoms with E-state index in [1.807, 2.05) is 6.07 Å². The lowest BCUT2D eigenvalue weighted by Crippen LogP contribution is -1.89. The summed E-state index contributed by atoms with van der Waals surface area (Å²) >= 11 is 0. The minimum Gasteiger partial charge on any atom is -0.359 e. The molecule has 0 aliphatic heterocycles. The first kappa shape index (κ1) is 12.1. The molecule has 0 aliphatic carbocycles. The summed E-state index contributed by atoms with van der Waals surface area (Å²) in [6.45, 7) is 0. The van der Waals surface area contributed by atoms with Crippen molar-refractivity contribution in [2.24, 2.45) is 0 Å². The summed E-state index contributed by atoms with van der Waals surface area (Å²) in [5.41, 5.74) is 2.10. The van der Waals surface area contributed by atoms with Crippen LogP contribution >= 0.6 is 10.7 Å². The van der Waals surface area contributed by atoms with Gasteiger partial charge in [-0.25, -0.2) is 8.42 Å². The predicted octanol–water partition coefficient (Wildman–Crippen LogP) is 2.55. The van der Waals surface area contributed by atoms with E-state index in [1.54, 1.807) is 30.5 Å². The van der Waals surface area contributed by atoms with Crippen LogP contribution in [0.4, 0.5) is 0 Å². The van der Waals surface area contributed by atoms with E-state index in [2.05, 4.69) is 15.2 Å². The number of nitrogens with zero attached hydrogens (tertiary/aromatic N) is 2. The van der Waals surface area contributed by atoms with E-state index in [-0.39, 0.29) is 4.90 Å². The summed E-state index contributed by atoms with van der Waals surface area (Å²) in [5.74, 6) is 0. The quantitative estimate of drug-likeness (QED) is 0.737. The molecule has 19 heavy (non-hydrogen) atoms. The zero-order valence-electron chi connectivity index (χ0n) is 9.54. The Balaban J connectivity index is 2.33. The third-order valence-electron chi connectivity index (χ3n) is 2.79. The largest absolute Gasteiger partial charge is 0.359 e. The molecule has 0 saturated carbocycles. The number of aromatic amines is 1. The highest BCUT2D eigenvalue weighted by Gasteiger charge is 2.18. The lowest BCUT2D eigenvalue weighted by atomic mass is 10.1. The summed E-state index contributed by atoms with van der Waals surface area (Å²) in [6.07, 6.45) is 2.96. The first-order valence-corrected chi connectivity index (χ1v) is 7.71. The van der Waals surface area contributed by atoms with Crippen molar-refractivity contribution in [3.63, 3.8) is 0 Å². The van der Waals surface area contributed by atoms with Gasteiger partial charge < -0.3 is 4.98 Å². The van der Waals surface area contributed by atoms with Crippen LogP contribution in [0.15, 0.2) is 47.6 Å². The zero-order chi connectivity index (χ0) is 13.5. The van der Waals surface area contributed by atoms with Gasteiger partial charge in [0.2, 0.25) is 0 Å². The molecule has 0 amide bonds. The first-order chi connectivity index (χ1) is 9.07. The maximum Gasteiger partial charge on any atom is 0.263 e. The molecule has 0 spiro atoms. The Bertz CT molecular complexity index is 844. The molecule has 0 saturated heterocycles. The summed E-state index contributed by atoms with van der Waals surface area (Å²) in [5, 5.41) is 8.37. The first-order valence-electron chi connectivity index (χ1n) is 5.40. The van der Waals surface area contributed by atoms with Gasteiger partial charge in [0.05, 0.1) is 11.2 Å². The second-order valence-electron chi connectivity index (χ2n) is 3.93. The molecule has 0 unspecified atom stereocenters. The second-order valence-corrected chi connectivity index (χ2v) is 6.46. The van der Waals surface area contributed by atoms with E-state index in [4.69, 9.17) is 10.7 Å². The third kappa shape index (κ3) is 2.09. The van der Waals surface area contributed by atoms with Gasteiger partial charge >= 0.3 is 0 Å². The Morgan fingerprint density at radius 1 is 1.16 bits per heavy atom. The Hall–Kier alpha value is -1.92. The van der Waals surface area contributed by atoms with Crippen molar-refractivity contribution in [3.05, 3.63) is 42.7 Å². The van der Waals surface area contributed by atoms with Crippen molar-refractivity contribution in [3.8, 4) is 11.3 Å². The minimum absolute atomic E-state index is 0.0647. The molecular formula is C12H8ClN3O2S. The van der Waals surface area contributed by atoms with E-state index in [9.17, 15) is 8.42 Å². The Labute approximate surface area is 113 Å². The van der Waals surface area contributed by atoms with Gasteiger partial charge in [-0.1, -0.05) is 18.2 Å². The standard InChI is InChI=1S/C12H8ClN3O2S/c13-19(17,18)11-7-14-12-8(3-1-4-9(11)12)10-5-2-6-15-16-10/h1-7,14H. The van der Waals surface area contributed by atoms with Crippen molar-refractivity contribution in [1.29, 1.82) is 0 Å². The van der Waals surface area contributed by atoms with Crippen LogP contribution in [0.3, 0.4) is 0 Å². The molecule has 0 aliphatic rings. The summed E-state index contributed by atoms with van der Waals surface area (Å²) in [6, 6.07) is 8.86. The van der Waals surface area contributed by atoms with Crippen molar-refractivity contribution in [2.45, 2.75) is 4.90 Å². The fourth-order valence-corrected chi connectivity index (χ4v) is 3.00. The normalized spacial score (nSPS) is 11.8. The molecule has 0 radical (unpaired) electrons. The number of H-pyrrole nitrogens is 1. The number of hydrogen-bond acceptors (Lipinski definition) is 4. The fraction of sp³-hybridized carbons (Fsp3) is 0. The maximum absolute atomic E-state index is 11.5. The van der Waals surface area contributed by atoms with Gasteiger partial charge in [-0.15, -0.1) is 0 Å². The van der Waals surface area contributed by atoms with E-state index in [1.165, 1.54) is 6.20 Å². The molecule has 5 nitrogen and oxygen atoms in total. The van der Waals surface area contributed by atoms with Crippen molar-refractivity contribution in [2.75, 3.05) is 0 Å². The second kappa shape index (κ2) is 4.32. The van der Waals surface area contributed by atoms with Crippen LogP contribution in [-0.2, 0) is 9.05 Å².